The SMILES string of the molecule is C=C1NCC2=C1C(C)(Nc1ccc(C3CCOC3)c(CN(CC)CC)n1)CC=C2c1cnc2cc(F)ccn12. The number of nitrogens with one attached hydrogen (secondary N) is 2. The van der Waals surface area contributed by atoms with Crippen LogP contribution in [0.15, 0.2) is 66.2 Å². The average Bonchev–Trinajstić information content (AvgIpc) is 3.69. The number of fused-ring (bicyclic) bond motifs is 1. The molecule has 0 saturated carbocycles. The summed E-state index contributed by atoms with van der Waals surface area (Å²) >= 11 is 0. The number of ether oxygens (including phenoxy) is 1. The highest BCUT2D eigenvalue weighted by molar-refractivity contribution is 5.85. The van der Waals surface area contributed by atoms with Gasteiger partial charge in [0, 0.05) is 54.7 Å². The predicted octanol–water partition coefficient (Wildman–Crippen LogP) is 5.29. The van der Waals surface area contributed by atoms with Crippen LogP contribution in [0.25, 0.3) is 11.2 Å². The number of anilines is 1. The van der Waals surface area contributed by atoms with Crippen molar-refractivity contribution in [1.29, 1.82) is 0 Å². The first-order valence-corrected chi connectivity index (χ1v) is 14.0. The fourth-order valence-corrected chi connectivity index (χ4v) is 6.31. The quantitative estimate of drug-likeness (QED) is 0.415. The Morgan fingerprint density at radius 1 is 1.28 bits per heavy atom. The molecule has 0 radical (unpaired) electrons. The summed E-state index contributed by atoms with van der Waals surface area (Å²) in [4.78, 5) is 12.1. The third kappa shape index (κ3) is 4.66. The molecule has 3 aromatic rings. The molecule has 0 aromatic carbocycles. The number of rotatable bonds is 8. The Hall–Kier alpha value is -3.49. The van der Waals surface area contributed by atoms with Gasteiger partial charge in [0.15, 0.2) is 0 Å². The van der Waals surface area contributed by atoms with Gasteiger partial charge in [0.25, 0.3) is 0 Å². The van der Waals surface area contributed by atoms with Crippen LogP contribution in [-0.4, -0.2) is 57.7 Å². The third-order valence-corrected chi connectivity index (χ3v) is 8.48. The summed E-state index contributed by atoms with van der Waals surface area (Å²) in [6.45, 7) is 16.0. The van der Waals surface area contributed by atoms with Gasteiger partial charge >= 0.3 is 0 Å². The van der Waals surface area contributed by atoms with Gasteiger partial charge in [-0.1, -0.05) is 32.6 Å². The molecular formula is C31H37FN6O. The zero-order chi connectivity index (χ0) is 27.1. The standard InChI is InChI=1S/C31H37FN6O/c1-5-37(6-2)18-26-23(21-11-14-39-19-21)7-8-28(35-26)36-31(4)12-9-24(25-16-33-20(3)30(25)31)27-17-34-29-15-22(32)10-13-38(27)29/h7-10,13,15,17,21,33H,3,5-6,11-12,14,16,18-19H2,1-2,4H3,(H,35,36). The lowest BCUT2D eigenvalue weighted by Crippen LogP contribution is -2.39. The molecule has 0 spiro atoms. The highest BCUT2D eigenvalue weighted by atomic mass is 19.1. The maximum atomic E-state index is 13.8. The van der Waals surface area contributed by atoms with Crippen LogP contribution < -0.4 is 10.6 Å². The maximum absolute atomic E-state index is 13.8. The molecule has 1 aliphatic carbocycles. The Labute approximate surface area is 229 Å². The van der Waals surface area contributed by atoms with Gasteiger partial charge in [-0.25, -0.2) is 14.4 Å². The minimum absolute atomic E-state index is 0.288. The van der Waals surface area contributed by atoms with E-state index in [-0.39, 0.29) is 11.4 Å². The first-order valence-electron chi connectivity index (χ1n) is 14.0. The summed E-state index contributed by atoms with van der Waals surface area (Å²) < 4.78 is 21.5. The second-order valence-corrected chi connectivity index (χ2v) is 10.9. The van der Waals surface area contributed by atoms with Crippen LogP contribution in [0.1, 0.15) is 56.5 Å². The number of hydrogen-bond acceptors (Lipinski definition) is 6. The van der Waals surface area contributed by atoms with Gasteiger partial charge < -0.3 is 15.4 Å². The van der Waals surface area contributed by atoms with Gasteiger partial charge in [0.05, 0.1) is 29.7 Å². The second-order valence-electron chi connectivity index (χ2n) is 10.9. The van der Waals surface area contributed by atoms with E-state index in [1.807, 2.05) is 10.6 Å². The van der Waals surface area contributed by atoms with Crippen molar-refractivity contribution in [2.24, 2.45) is 0 Å². The Kier molecular flexibility index (Phi) is 6.77. The van der Waals surface area contributed by atoms with E-state index >= 15 is 0 Å². The number of hydrogen-bond donors (Lipinski definition) is 2. The van der Waals surface area contributed by atoms with Gasteiger partial charge in [-0.3, -0.25) is 9.30 Å². The Balaban J connectivity index is 1.34. The Morgan fingerprint density at radius 3 is 2.90 bits per heavy atom. The van der Waals surface area contributed by atoms with E-state index in [0.29, 0.717) is 18.1 Å². The number of aromatic nitrogens is 3. The molecule has 3 aliphatic rings. The molecule has 2 aliphatic heterocycles. The molecule has 1 saturated heterocycles. The lowest BCUT2D eigenvalue weighted by atomic mass is 9.77. The fourth-order valence-electron chi connectivity index (χ4n) is 6.31. The molecule has 0 amide bonds. The number of halogens is 1. The summed E-state index contributed by atoms with van der Waals surface area (Å²) in [5.41, 5.74) is 7.99. The van der Waals surface area contributed by atoms with E-state index in [4.69, 9.17) is 9.72 Å². The van der Waals surface area contributed by atoms with E-state index in [2.05, 4.69) is 66.1 Å². The first kappa shape index (κ1) is 25.8. The van der Waals surface area contributed by atoms with Gasteiger partial charge in [0.2, 0.25) is 0 Å². The number of pyridine rings is 2. The van der Waals surface area contributed by atoms with Crippen LogP contribution in [0.4, 0.5) is 10.2 Å². The molecule has 204 valence electrons. The zero-order valence-electron chi connectivity index (χ0n) is 23.1. The van der Waals surface area contributed by atoms with E-state index in [1.165, 1.54) is 23.3 Å². The molecule has 1 fully saturated rings. The van der Waals surface area contributed by atoms with Crippen LogP contribution in [0.2, 0.25) is 0 Å². The highest BCUT2D eigenvalue weighted by Gasteiger charge is 2.40. The minimum atomic E-state index is -0.385. The van der Waals surface area contributed by atoms with Crippen molar-refractivity contribution in [2.45, 2.75) is 51.6 Å². The number of nitrogens with zero attached hydrogens (tertiary/aromatic N) is 4. The van der Waals surface area contributed by atoms with Crippen LogP contribution in [0.5, 0.6) is 0 Å². The summed E-state index contributed by atoms with van der Waals surface area (Å²) in [6, 6.07) is 7.30. The molecule has 2 N–H and O–H groups in total. The first-order chi connectivity index (χ1) is 18.9. The van der Waals surface area contributed by atoms with E-state index < -0.39 is 0 Å². The molecule has 5 heterocycles. The summed E-state index contributed by atoms with van der Waals surface area (Å²) in [6.07, 6.45) is 7.63. The molecule has 8 heteroatoms. The Bertz CT molecular complexity index is 1480. The van der Waals surface area contributed by atoms with Gasteiger partial charge in [0.1, 0.15) is 17.3 Å². The average molecular weight is 529 g/mol. The van der Waals surface area contributed by atoms with Crippen molar-refractivity contribution < 1.29 is 9.13 Å². The van der Waals surface area contributed by atoms with Gasteiger partial charge in [-0.15, -0.1) is 0 Å². The molecule has 0 bridgehead atoms. The van der Waals surface area contributed by atoms with Crippen molar-refractivity contribution in [3.05, 3.63) is 88.9 Å². The highest BCUT2D eigenvalue weighted by Crippen LogP contribution is 2.44. The molecular weight excluding hydrogens is 491 g/mol. The molecule has 2 atom stereocenters. The topological polar surface area (TPSA) is 66.7 Å². The number of imidazole rings is 1. The molecule has 7 nitrogen and oxygen atoms in total. The monoisotopic (exact) mass is 528 g/mol. The van der Waals surface area contributed by atoms with Crippen LogP contribution in [-0.2, 0) is 11.3 Å². The zero-order valence-corrected chi connectivity index (χ0v) is 23.1. The van der Waals surface area contributed by atoms with Crippen LogP contribution in [0.3, 0.4) is 0 Å². The van der Waals surface area contributed by atoms with E-state index in [9.17, 15) is 4.39 Å². The van der Waals surface area contributed by atoms with Gasteiger partial charge in [-0.2, -0.15) is 0 Å². The van der Waals surface area contributed by atoms with Crippen LogP contribution >= 0.6 is 0 Å². The van der Waals surface area contributed by atoms with Crippen molar-refractivity contribution >= 4 is 17.0 Å². The molecule has 6 rings (SSSR count). The smallest absolute Gasteiger partial charge is 0.140 e. The molecule has 2 unspecified atom stereocenters. The van der Waals surface area contributed by atoms with E-state index in [1.54, 1.807) is 6.20 Å². The summed E-state index contributed by atoms with van der Waals surface area (Å²) in [7, 11) is 0. The lowest BCUT2D eigenvalue weighted by Gasteiger charge is -2.37. The lowest BCUT2D eigenvalue weighted by molar-refractivity contribution is 0.193. The van der Waals surface area contributed by atoms with Crippen molar-refractivity contribution in [2.75, 3.05) is 38.2 Å². The summed E-state index contributed by atoms with van der Waals surface area (Å²) in [5.74, 6) is 0.986. The molecule has 3 aromatic heterocycles. The second kappa shape index (κ2) is 10.2. The largest absolute Gasteiger partial charge is 0.381 e. The normalized spacial score (nSPS) is 22.9. The van der Waals surface area contributed by atoms with Gasteiger partial charge in [-0.05, 0) is 56.1 Å². The van der Waals surface area contributed by atoms with E-state index in [0.717, 1.165) is 79.7 Å². The Morgan fingerprint density at radius 2 is 2.13 bits per heavy atom. The fraction of sp³-hybridized carbons (Fsp3) is 0.419. The van der Waals surface area contributed by atoms with Crippen LogP contribution in [0, 0.1) is 5.82 Å². The maximum Gasteiger partial charge on any atom is 0.140 e. The molecule has 39 heavy (non-hydrogen) atoms. The third-order valence-electron chi connectivity index (χ3n) is 8.48. The van der Waals surface area contributed by atoms with Crippen molar-refractivity contribution in [1.82, 2.24) is 24.6 Å². The summed E-state index contributed by atoms with van der Waals surface area (Å²) in [5, 5.41) is 7.27. The van der Waals surface area contributed by atoms with Crippen molar-refractivity contribution in [3.63, 3.8) is 0 Å². The van der Waals surface area contributed by atoms with Crippen molar-refractivity contribution in [3.8, 4) is 0 Å². The minimum Gasteiger partial charge on any atom is -0.381 e. The predicted molar refractivity (Wildman–Crippen MR) is 153 cm³/mol.